The lowest BCUT2D eigenvalue weighted by molar-refractivity contribution is -0.166. The number of unbranched alkanes of at least 4 members (excludes halogenated alkanes) is 8. The van der Waals surface area contributed by atoms with Crippen molar-refractivity contribution in [1.29, 1.82) is 0 Å². The van der Waals surface area contributed by atoms with Crippen LogP contribution in [0.1, 0.15) is 71.1 Å². The van der Waals surface area contributed by atoms with Crippen LogP contribution in [0.15, 0.2) is 0 Å². The fraction of sp³-hybridized carbons (Fsp3) is 0.882. The Morgan fingerprint density at radius 1 is 0.920 bits per heavy atom. The molecule has 0 aliphatic carbocycles. The number of carboxylic acid groups (broad SMARTS) is 1. The van der Waals surface area contributed by atoms with Crippen molar-refractivity contribution in [1.82, 2.24) is 0 Å². The van der Waals surface area contributed by atoms with Crippen molar-refractivity contribution >= 4 is 22.1 Å². The molecule has 0 saturated heterocycles. The summed E-state index contributed by atoms with van der Waals surface area (Å²) in [5, 5.41) is 9.20. The first-order chi connectivity index (χ1) is 11.6. The van der Waals surface area contributed by atoms with E-state index in [1.54, 1.807) is 0 Å². The van der Waals surface area contributed by atoms with Gasteiger partial charge in [0.1, 0.15) is 0 Å². The van der Waals surface area contributed by atoms with E-state index in [1.165, 1.54) is 14.0 Å². The first kappa shape index (κ1) is 23.9. The fourth-order valence-corrected chi connectivity index (χ4v) is 2.97. The number of aliphatic carboxylic acids is 1. The van der Waals surface area contributed by atoms with Gasteiger partial charge in [-0.15, -0.1) is 0 Å². The molecule has 1 N–H and O–H groups in total. The van der Waals surface area contributed by atoms with Crippen molar-refractivity contribution in [3.05, 3.63) is 0 Å². The maximum Gasteiger partial charge on any atom is 0.322 e. The number of carboxylic acids is 1. The summed E-state index contributed by atoms with van der Waals surface area (Å²) in [6, 6.07) is 0. The van der Waals surface area contributed by atoms with Crippen LogP contribution in [0.3, 0.4) is 0 Å². The van der Waals surface area contributed by atoms with E-state index in [2.05, 4.69) is 8.92 Å². The van der Waals surface area contributed by atoms with Gasteiger partial charge in [0, 0.05) is 0 Å². The van der Waals surface area contributed by atoms with E-state index in [0.29, 0.717) is 6.42 Å². The molecule has 0 rings (SSSR count). The van der Waals surface area contributed by atoms with Gasteiger partial charge in [-0.3, -0.25) is 13.8 Å². The zero-order valence-corrected chi connectivity index (χ0v) is 16.4. The Labute approximate surface area is 151 Å². The first-order valence-electron chi connectivity index (χ1n) is 8.79. The minimum absolute atomic E-state index is 0.251. The number of methoxy groups -OCH3 is 1. The molecule has 1 atom stereocenters. The highest BCUT2D eigenvalue weighted by atomic mass is 32.2. The molecule has 0 aromatic heterocycles. The Balaban J connectivity index is 3.61. The summed E-state index contributed by atoms with van der Waals surface area (Å²) in [4.78, 5) is 22.8. The van der Waals surface area contributed by atoms with E-state index < -0.39 is 27.5 Å². The van der Waals surface area contributed by atoms with Crippen LogP contribution in [0, 0.1) is 5.41 Å². The summed E-state index contributed by atoms with van der Waals surface area (Å²) in [7, 11) is -2.12. The normalized spacial score (nSPS) is 14.0. The molecule has 0 aliphatic rings. The molecule has 0 bridgehead atoms. The third-order valence-electron chi connectivity index (χ3n) is 4.23. The number of carbonyl (C=O) groups is 2. The Morgan fingerprint density at radius 3 is 1.76 bits per heavy atom. The highest BCUT2D eigenvalue weighted by Crippen LogP contribution is 2.27. The molecule has 0 aliphatic heterocycles. The first-order valence-corrected chi connectivity index (χ1v) is 10.6. The molecule has 0 amide bonds. The largest absolute Gasteiger partial charge is 0.480 e. The van der Waals surface area contributed by atoms with E-state index in [1.807, 2.05) is 0 Å². The molecule has 8 heteroatoms. The summed E-state index contributed by atoms with van der Waals surface area (Å²) in [6.07, 6.45) is 9.92. The van der Waals surface area contributed by atoms with E-state index >= 15 is 0 Å². The van der Waals surface area contributed by atoms with Crippen LogP contribution < -0.4 is 0 Å². The van der Waals surface area contributed by atoms with E-state index in [-0.39, 0.29) is 13.0 Å². The molecule has 0 radical (unpaired) electrons. The van der Waals surface area contributed by atoms with Crippen molar-refractivity contribution in [2.75, 3.05) is 20.0 Å². The van der Waals surface area contributed by atoms with Crippen LogP contribution in [0.2, 0.25) is 0 Å². The van der Waals surface area contributed by atoms with E-state index in [4.69, 9.17) is 0 Å². The van der Waals surface area contributed by atoms with Gasteiger partial charge in [-0.2, -0.15) is 8.42 Å². The van der Waals surface area contributed by atoms with Crippen LogP contribution >= 0.6 is 0 Å². The minimum atomic E-state index is -3.32. The second-order valence-corrected chi connectivity index (χ2v) is 8.23. The Morgan fingerprint density at radius 2 is 1.36 bits per heavy atom. The minimum Gasteiger partial charge on any atom is -0.480 e. The van der Waals surface area contributed by atoms with Gasteiger partial charge in [-0.1, -0.05) is 51.4 Å². The molecular weight excluding hydrogens is 348 g/mol. The Bertz CT molecular complexity index is 501. The third kappa shape index (κ3) is 11.1. The zero-order chi connectivity index (χ0) is 19.3. The monoisotopic (exact) mass is 380 g/mol. The molecule has 7 nitrogen and oxygen atoms in total. The second kappa shape index (κ2) is 12.2. The Kier molecular flexibility index (Phi) is 11.7. The molecule has 0 spiro atoms. The summed E-state index contributed by atoms with van der Waals surface area (Å²) in [5.74, 6) is -1.83. The molecule has 0 heterocycles. The van der Waals surface area contributed by atoms with Crippen LogP contribution in [-0.4, -0.2) is 45.4 Å². The molecule has 0 fully saturated rings. The number of carbonyl (C=O) groups excluding carboxylic acids is 1. The standard InChI is InChI=1S/C17H32O7S/c1-17(15(18)19,16(20)23-2)13-11-9-7-5-4-6-8-10-12-14-24-25(3,21)22/h4-14H2,1-3H3,(H,18,19). The van der Waals surface area contributed by atoms with Gasteiger partial charge in [0.05, 0.1) is 20.0 Å². The summed E-state index contributed by atoms with van der Waals surface area (Å²) in [6.45, 7) is 1.66. The highest BCUT2D eigenvalue weighted by molar-refractivity contribution is 7.85. The molecular formula is C17H32O7S. The zero-order valence-electron chi connectivity index (χ0n) is 15.6. The summed E-state index contributed by atoms with van der Waals surface area (Å²) < 4.78 is 30.8. The van der Waals surface area contributed by atoms with E-state index in [0.717, 1.165) is 57.6 Å². The lowest BCUT2D eigenvalue weighted by Gasteiger charge is -2.21. The summed E-state index contributed by atoms with van der Waals surface area (Å²) in [5.41, 5.74) is -1.46. The van der Waals surface area contributed by atoms with Crippen LogP contribution in [0.25, 0.3) is 0 Å². The number of hydrogen-bond donors (Lipinski definition) is 1. The SMILES string of the molecule is COC(=O)C(C)(CCCCCCCCCCCOS(C)(=O)=O)C(=O)O. The van der Waals surface area contributed by atoms with Crippen molar-refractivity contribution in [2.24, 2.45) is 5.41 Å². The van der Waals surface area contributed by atoms with Gasteiger partial charge >= 0.3 is 11.9 Å². The van der Waals surface area contributed by atoms with E-state index in [9.17, 15) is 23.1 Å². The molecule has 148 valence electrons. The van der Waals surface area contributed by atoms with Crippen molar-refractivity contribution in [3.63, 3.8) is 0 Å². The number of ether oxygens (including phenoxy) is 1. The van der Waals surface area contributed by atoms with Gasteiger partial charge in [0.25, 0.3) is 10.1 Å². The van der Waals surface area contributed by atoms with Crippen LogP contribution in [-0.2, 0) is 28.6 Å². The van der Waals surface area contributed by atoms with Gasteiger partial charge in [-0.05, 0) is 19.8 Å². The number of rotatable bonds is 15. The maximum absolute atomic E-state index is 11.6. The quantitative estimate of drug-likeness (QED) is 0.201. The fourth-order valence-electron chi connectivity index (χ4n) is 2.55. The lowest BCUT2D eigenvalue weighted by Crippen LogP contribution is -2.37. The van der Waals surface area contributed by atoms with Gasteiger partial charge in [0.2, 0.25) is 0 Å². The maximum atomic E-state index is 11.6. The van der Waals surface area contributed by atoms with Crippen molar-refractivity contribution < 1.29 is 32.0 Å². The Hall–Kier alpha value is -1.15. The highest BCUT2D eigenvalue weighted by Gasteiger charge is 2.41. The predicted octanol–water partition coefficient (Wildman–Crippen LogP) is 3.13. The average molecular weight is 381 g/mol. The molecule has 0 aromatic rings. The van der Waals surface area contributed by atoms with Crippen molar-refractivity contribution in [3.8, 4) is 0 Å². The topological polar surface area (TPSA) is 107 Å². The molecule has 1 unspecified atom stereocenters. The van der Waals surface area contributed by atoms with Gasteiger partial charge in [0.15, 0.2) is 5.41 Å². The predicted molar refractivity (Wildman–Crippen MR) is 94.7 cm³/mol. The molecule has 25 heavy (non-hydrogen) atoms. The van der Waals surface area contributed by atoms with Gasteiger partial charge in [-0.25, -0.2) is 0 Å². The van der Waals surface area contributed by atoms with Crippen molar-refractivity contribution in [2.45, 2.75) is 71.1 Å². The average Bonchev–Trinajstić information content (AvgIpc) is 2.53. The molecule has 0 aromatic carbocycles. The third-order valence-corrected chi connectivity index (χ3v) is 4.82. The van der Waals surface area contributed by atoms with Crippen LogP contribution in [0.5, 0.6) is 0 Å². The number of esters is 1. The summed E-state index contributed by atoms with van der Waals surface area (Å²) >= 11 is 0. The number of hydrogen-bond acceptors (Lipinski definition) is 6. The molecule has 0 saturated carbocycles. The van der Waals surface area contributed by atoms with Gasteiger partial charge < -0.3 is 9.84 Å². The smallest absolute Gasteiger partial charge is 0.322 e. The lowest BCUT2D eigenvalue weighted by atomic mass is 9.84. The second-order valence-electron chi connectivity index (χ2n) is 6.59. The van der Waals surface area contributed by atoms with Crippen LogP contribution in [0.4, 0.5) is 0 Å².